The van der Waals surface area contributed by atoms with Crippen molar-refractivity contribution < 1.29 is 4.79 Å². The van der Waals surface area contributed by atoms with Crippen molar-refractivity contribution in [3.8, 4) is 0 Å². The Labute approximate surface area is 141 Å². The van der Waals surface area contributed by atoms with E-state index in [-0.39, 0.29) is 11.9 Å². The lowest BCUT2D eigenvalue weighted by Crippen LogP contribution is -2.47. The van der Waals surface area contributed by atoms with Crippen molar-refractivity contribution in [2.45, 2.75) is 44.3 Å². The number of aromatic amines is 1. The molecule has 1 aliphatic carbocycles. The first-order valence-electron chi connectivity index (χ1n) is 8.71. The second kappa shape index (κ2) is 6.39. The Hall–Kier alpha value is -2.15. The first kappa shape index (κ1) is 15.4. The zero-order valence-electron chi connectivity index (χ0n) is 14.0. The number of amides is 1. The third-order valence-corrected chi connectivity index (χ3v) is 5.11. The van der Waals surface area contributed by atoms with Crippen LogP contribution < -0.4 is 5.32 Å². The second-order valence-corrected chi connectivity index (χ2v) is 6.88. The summed E-state index contributed by atoms with van der Waals surface area (Å²) >= 11 is 0. The minimum absolute atomic E-state index is 0.0769. The molecular formula is C17H24N6O. The lowest BCUT2D eigenvalue weighted by Gasteiger charge is -2.41. The van der Waals surface area contributed by atoms with Crippen molar-refractivity contribution in [3.63, 3.8) is 0 Å². The number of carbonyl (C=O) groups is 1. The summed E-state index contributed by atoms with van der Waals surface area (Å²) in [6.07, 6.45) is 9.37. The first-order valence-corrected chi connectivity index (χ1v) is 8.71. The number of carbonyl (C=O) groups excluding carboxylic acids is 1. The number of likely N-dealkylation sites (tertiary alicyclic amines) is 1. The molecule has 1 saturated heterocycles. The van der Waals surface area contributed by atoms with E-state index in [1.54, 1.807) is 6.20 Å². The third-order valence-electron chi connectivity index (χ3n) is 5.11. The van der Waals surface area contributed by atoms with E-state index < -0.39 is 0 Å². The zero-order chi connectivity index (χ0) is 16.5. The molecule has 2 aromatic rings. The van der Waals surface area contributed by atoms with Crippen molar-refractivity contribution in [1.29, 1.82) is 0 Å². The van der Waals surface area contributed by atoms with Crippen LogP contribution in [-0.2, 0) is 18.4 Å². The fourth-order valence-electron chi connectivity index (χ4n) is 3.75. The van der Waals surface area contributed by atoms with Crippen molar-refractivity contribution in [1.82, 2.24) is 30.0 Å². The predicted octanol–water partition coefficient (Wildman–Crippen LogP) is 1.38. The van der Waals surface area contributed by atoms with Gasteiger partial charge in [0.15, 0.2) is 0 Å². The van der Waals surface area contributed by atoms with Gasteiger partial charge >= 0.3 is 0 Å². The van der Waals surface area contributed by atoms with E-state index in [9.17, 15) is 4.79 Å². The minimum Gasteiger partial charge on any atom is -0.336 e. The van der Waals surface area contributed by atoms with Crippen molar-refractivity contribution in [2.24, 2.45) is 13.0 Å². The summed E-state index contributed by atoms with van der Waals surface area (Å²) in [6, 6.07) is 2.46. The molecule has 1 saturated carbocycles. The highest BCUT2D eigenvalue weighted by molar-refractivity contribution is 5.78. The molecule has 1 amide bonds. The number of nitrogens with zero attached hydrogens (tertiary/aromatic N) is 4. The number of aryl methyl sites for hydroxylation is 1. The van der Waals surface area contributed by atoms with Gasteiger partial charge in [0.2, 0.25) is 5.91 Å². The highest BCUT2D eigenvalue weighted by Gasteiger charge is 2.45. The highest BCUT2D eigenvalue weighted by atomic mass is 16.2. The Morgan fingerprint density at radius 2 is 2.21 bits per heavy atom. The van der Waals surface area contributed by atoms with Gasteiger partial charge in [-0.1, -0.05) is 0 Å². The van der Waals surface area contributed by atoms with E-state index >= 15 is 0 Å². The second-order valence-electron chi connectivity index (χ2n) is 6.88. The smallest absolute Gasteiger partial charge is 0.223 e. The van der Waals surface area contributed by atoms with Gasteiger partial charge in [-0.3, -0.25) is 9.89 Å². The van der Waals surface area contributed by atoms with Gasteiger partial charge in [-0.25, -0.2) is 4.98 Å². The van der Waals surface area contributed by atoms with Crippen LogP contribution in [0.25, 0.3) is 0 Å². The summed E-state index contributed by atoms with van der Waals surface area (Å²) in [5.74, 6) is 1.67. The third kappa shape index (κ3) is 2.96. The number of imidazole rings is 1. The number of H-pyrrole nitrogens is 1. The van der Waals surface area contributed by atoms with Gasteiger partial charge in [-0.15, -0.1) is 0 Å². The molecule has 7 heteroatoms. The topological polar surface area (TPSA) is 78.8 Å². The Bertz CT molecular complexity index is 690. The fourth-order valence-corrected chi connectivity index (χ4v) is 3.75. The molecule has 0 radical (unpaired) electrons. The predicted molar refractivity (Wildman–Crippen MR) is 88.8 cm³/mol. The molecule has 0 spiro atoms. The van der Waals surface area contributed by atoms with Crippen LogP contribution in [0.3, 0.4) is 0 Å². The Morgan fingerprint density at radius 1 is 1.33 bits per heavy atom. The molecule has 2 aliphatic rings. The van der Waals surface area contributed by atoms with Gasteiger partial charge < -0.3 is 14.8 Å². The molecule has 2 fully saturated rings. The largest absolute Gasteiger partial charge is 0.336 e. The summed E-state index contributed by atoms with van der Waals surface area (Å²) in [6.45, 7) is 1.63. The van der Waals surface area contributed by atoms with Crippen molar-refractivity contribution >= 4 is 5.91 Å². The van der Waals surface area contributed by atoms with Crippen LogP contribution in [0.15, 0.2) is 24.7 Å². The van der Waals surface area contributed by atoms with Gasteiger partial charge in [0.25, 0.3) is 0 Å². The molecule has 2 atom stereocenters. The summed E-state index contributed by atoms with van der Waals surface area (Å²) in [4.78, 5) is 19.2. The summed E-state index contributed by atoms with van der Waals surface area (Å²) in [5, 5.41) is 10.5. The zero-order valence-corrected chi connectivity index (χ0v) is 14.0. The van der Waals surface area contributed by atoms with Crippen LogP contribution in [-0.4, -0.2) is 43.1 Å². The van der Waals surface area contributed by atoms with E-state index in [1.807, 2.05) is 25.5 Å². The molecule has 2 aromatic heterocycles. The van der Waals surface area contributed by atoms with Crippen molar-refractivity contribution in [3.05, 3.63) is 36.2 Å². The quantitative estimate of drug-likeness (QED) is 0.839. The maximum Gasteiger partial charge on any atom is 0.223 e. The molecule has 0 bridgehead atoms. The number of nitrogens with one attached hydrogen (secondary N) is 2. The average Bonchev–Trinajstić information content (AvgIpc) is 3.10. The number of aromatic nitrogens is 4. The Balaban J connectivity index is 1.52. The standard InChI is InChI=1S/C17H24N6O/c1-22-9-8-19-17(22)16-12(10-18-11-13-6-7-20-21-13)2-5-15(24)23(16)14-3-4-14/h6-9,12,14,16,18H,2-5,10-11H2,1H3,(H,20,21)/t12-,16+/m1/s1. The van der Waals surface area contributed by atoms with Gasteiger partial charge in [0.1, 0.15) is 5.82 Å². The number of rotatable bonds is 6. The van der Waals surface area contributed by atoms with E-state index in [1.165, 1.54) is 0 Å². The summed E-state index contributed by atoms with van der Waals surface area (Å²) in [7, 11) is 2.02. The Kier molecular flexibility index (Phi) is 4.10. The lowest BCUT2D eigenvalue weighted by molar-refractivity contribution is -0.140. The van der Waals surface area contributed by atoms with Gasteiger partial charge in [-0.05, 0) is 31.2 Å². The maximum absolute atomic E-state index is 12.6. The summed E-state index contributed by atoms with van der Waals surface area (Å²) < 4.78 is 2.06. The average molecular weight is 328 g/mol. The summed E-state index contributed by atoms with van der Waals surface area (Å²) in [5.41, 5.74) is 1.08. The van der Waals surface area contributed by atoms with Gasteiger partial charge in [-0.2, -0.15) is 5.10 Å². The fraction of sp³-hybridized carbons (Fsp3) is 0.588. The highest BCUT2D eigenvalue weighted by Crippen LogP contribution is 2.42. The molecule has 7 nitrogen and oxygen atoms in total. The van der Waals surface area contributed by atoms with E-state index in [4.69, 9.17) is 0 Å². The molecule has 24 heavy (non-hydrogen) atoms. The molecular weight excluding hydrogens is 304 g/mol. The van der Waals surface area contributed by atoms with E-state index in [2.05, 4.69) is 30.0 Å². The Morgan fingerprint density at radius 3 is 2.88 bits per heavy atom. The molecule has 1 aliphatic heterocycles. The minimum atomic E-state index is 0.0769. The molecule has 0 aromatic carbocycles. The van der Waals surface area contributed by atoms with Crippen LogP contribution >= 0.6 is 0 Å². The van der Waals surface area contributed by atoms with Crippen LogP contribution in [0.5, 0.6) is 0 Å². The van der Waals surface area contributed by atoms with E-state index in [0.717, 1.165) is 43.9 Å². The maximum atomic E-state index is 12.6. The van der Waals surface area contributed by atoms with Crippen LogP contribution in [0.4, 0.5) is 0 Å². The normalized spacial score (nSPS) is 24.5. The molecule has 3 heterocycles. The number of piperidine rings is 1. The monoisotopic (exact) mass is 328 g/mol. The molecule has 0 unspecified atom stereocenters. The van der Waals surface area contributed by atoms with Crippen LogP contribution in [0.1, 0.15) is 43.2 Å². The first-order chi connectivity index (χ1) is 11.7. The van der Waals surface area contributed by atoms with E-state index in [0.29, 0.717) is 18.4 Å². The number of hydrogen-bond acceptors (Lipinski definition) is 4. The van der Waals surface area contributed by atoms with Crippen LogP contribution in [0, 0.1) is 5.92 Å². The van der Waals surface area contributed by atoms with Crippen LogP contribution in [0.2, 0.25) is 0 Å². The van der Waals surface area contributed by atoms with Gasteiger partial charge in [0, 0.05) is 56.9 Å². The molecule has 4 rings (SSSR count). The van der Waals surface area contributed by atoms with Crippen molar-refractivity contribution in [2.75, 3.05) is 6.54 Å². The SMILES string of the molecule is Cn1ccnc1[C@@H]1[C@@H](CNCc2ccn[nH]2)CCC(=O)N1C1CC1. The molecule has 128 valence electrons. The van der Waals surface area contributed by atoms with Gasteiger partial charge in [0.05, 0.1) is 6.04 Å². The number of hydrogen-bond donors (Lipinski definition) is 2. The molecule has 2 N–H and O–H groups in total. The lowest BCUT2D eigenvalue weighted by atomic mass is 9.87.